The van der Waals surface area contributed by atoms with Crippen LogP contribution in [0, 0.1) is 23.7 Å². The van der Waals surface area contributed by atoms with E-state index in [0.717, 1.165) is 158 Å². The van der Waals surface area contributed by atoms with E-state index in [4.69, 9.17) is 67.5 Å². The second-order valence-electron chi connectivity index (χ2n) is 28.5. The summed E-state index contributed by atoms with van der Waals surface area (Å²) in [6, 6.07) is 36.9. The smallest absolute Gasteiger partial charge is 0.330 e. The summed E-state index contributed by atoms with van der Waals surface area (Å²) in [4.78, 5) is 89.0. The average Bonchev–Trinajstić information content (AvgIpc) is 1.73. The maximum Gasteiger partial charge on any atom is 0.330 e. The van der Waals surface area contributed by atoms with Gasteiger partial charge in [0.2, 0.25) is 10.3 Å². The van der Waals surface area contributed by atoms with E-state index < -0.39 is 47.5 Å². The summed E-state index contributed by atoms with van der Waals surface area (Å²) in [5, 5.41) is 15.6. The van der Waals surface area contributed by atoms with Crippen molar-refractivity contribution in [2.75, 3.05) is 62.7 Å². The third kappa shape index (κ3) is 26.8. The number of hydrogen-bond acceptors (Lipinski definition) is 24. The molecule has 0 spiro atoms. The van der Waals surface area contributed by atoms with Crippen LogP contribution in [0.2, 0.25) is 0 Å². The van der Waals surface area contributed by atoms with E-state index in [-0.39, 0.29) is 11.9 Å². The number of rotatable bonds is 47. The van der Waals surface area contributed by atoms with Gasteiger partial charge in [-0.1, -0.05) is 100 Å². The predicted octanol–water partition coefficient (Wildman–Crippen LogP) is 20.2. The SMILES string of the molecule is C=CC(=O)OCCCCCCOc1ccc(OC(=O)C2CCC(C(=O)Oc3ccc(-c4ccc(OC(=O)C5CCC(C(=O)Oc6ccc(OCCCCCCOC(=O)C=C)cc6)CC5)c(/C=N/N(CCCCCC)c5nc6ccc(OCC)cc6s5)c4)cc3/C=N/N(CCCCCC)c3nc4ccc(OCC)cc4s3)CC2)cc1. The van der Waals surface area contributed by atoms with Gasteiger partial charge in [0.25, 0.3) is 0 Å². The number of aromatic nitrogens is 2. The normalized spacial score (nSPS) is 15.4. The summed E-state index contributed by atoms with van der Waals surface area (Å²) >= 11 is 3.04. The largest absolute Gasteiger partial charge is 0.494 e. The van der Waals surface area contributed by atoms with Gasteiger partial charge < -0.3 is 47.4 Å². The number of carbonyl (C=O) groups is 6. The van der Waals surface area contributed by atoms with Crippen molar-refractivity contribution in [2.24, 2.45) is 33.9 Å². The molecule has 22 nitrogen and oxygen atoms in total. The van der Waals surface area contributed by atoms with Gasteiger partial charge >= 0.3 is 35.8 Å². The molecule has 0 N–H and O–H groups in total. The number of fused-ring (bicyclic) bond motifs is 2. The average molecular weight is 1590 g/mol. The standard InChI is InChI=1S/C90H108N6O16S2/c1-7-13-15-21-51-95(89-93-77-47-45-75(103-11-5)59-81(77)113-89)91-61-69-57-67(35-49-79(69)111-87(101)65-31-27-63(28-32-65)85(99)109-73-41-37-71(38-42-73)105-53-23-17-19-25-55-107-83(97)9-3)68-36-50-80(70(58-68)62-92-96(52-22-16-14-8-2)90-94-78-48-46-76(104-12-6)60-82(78)114-90)112-88(102)66-33-29-64(30-34-66)86(100)110-74-43-39-72(40-44-74)106-54-24-18-20-26-56-108-84(98)10-4/h9-10,35-50,57-66H,3-4,7-8,11-34,51-56H2,1-2,5-6H3/b91-61+,92-62+. The molecule has 114 heavy (non-hydrogen) atoms. The number of unbranched alkanes of at least 4 members (excludes halogenated alkanes) is 12. The number of anilines is 2. The van der Waals surface area contributed by atoms with E-state index in [0.29, 0.717) is 160 Å². The Morgan fingerprint density at radius 1 is 0.395 bits per heavy atom. The molecule has 0 bridgehead atoms. The van der Waals surface area contributed by atoms with Gasteiger partial charge in [-0.15, -0.1) is 0 Å². The highest BCUT2D eigenvalue weighted by atomic mass is 32.1. The Morgan fingerprint density at radius 2 is 0.737 bits per heavy atom. The zero-order valence-electron chi connectivity index (χ0n) is 66.2. The zero-order valence-corrected chi connectivity index (χ0v) is 67.9. The summed E-state index contributed by atoms with van der Waals surface area (Å²) in [6.07, 6.45) is 24.0. The van der Waals surface area contributed by atoms with Crippen molar-refractivity contribution in [1.29, 1.82) is 0 Å². The van der Waals surface area contributed by atoms with Gasteiger partial charge in [-0.3, -0.25) is 19.2 Å². The first-order valence-corrected chi connectivity index (χ1v) is 42.2. The van der Waals surface area contributed by atoms with Crippen LogP contribution in [0.5, 0.6) is 46.0 Å². The van der Waals surface area contributed by atoms with Crippen molar-refractivity contribution in [1.82, 2.24) is 9.97 Å². The highest BCUT2D eigenvalue weighted by molar-refractivity contribution is 7.22. The number of nitrogens with zero attached hydrogens (tertiary/aromatic N) is 6. The molecule has 0 amide bonds. The topological polar surface area (TPSA) is 252 Å². The van der Waals surface area contributed by atoms with E-state index in [1.807, 2.05) is 84.5 Å². The molecular weight excluding hydrogens is 1490 g/mol. The Bertz CT molecular complexity index is 4220. The molecule has 606 valence electrons. The fourth-order valence-corrected chi connectivity index (χ4v) is 15.4. The molecule has 2 heterocycles. The number of hydrogen-bond donors (Lipinski definition) is 0. The van der Waals surface area contributed by atoms with E-state index in [1.54, 1.807) is 73.1 Å². The molecule has 2 aliphatic carbocycles. The lowest BCUT2D eigenvalue weighted by Gasteiger charge is -2.26. The Balaban J connectivity index is 0.874. The molecule has 24 heteroatoms. The molecule has 2 aromatic heterocycles. The third-order valence-electron chi connectivity index (χ3n) is 20.0. The van der Waals surface area contributed by atoms with E-state index in [9.17, 15) is 28.8 Å². The summed E-state index contributed by atoms with van der Waals surface area (Å²) < 4.78 is 60.2. The van der Waals surface area contributed by atoms with Crippen LogP contribution in [0.4, 0.5) is 10.3 Å². The molecule has 8 aromatic rings. The first-order valence-electron chi connectivity index (χ1n) is 40.6. The quantitative estimate of drug-likeness (QED) is 0.00858. The molecular formula is C90H108N6O16S2. The maximum absolute atomic E-state index is 14.5. The van der Waals surface area contributed by atoms with Gasteiger partial charge in [-0.05, 0) is 250 Å². The Kier molecular flexibility index (Phi) is 34.7. The van der Waals surface area contributed by atoms with Crippen molar-refractivity contribution in [3.05, 3.63) is 158 Å². The molecule has 2 saturated carbocycles. The van der Waals surface area contributed by atoms with E-state index in [2.05, 4.69) is 27.0 Å². The van der Waals surface area contributed by atoms with Crippen molar-refractivity contribution in [3.63, 3.8) is 0 Å². The lowest BCUT2D eigenvalue weighted by Crippen LogP contribution is -2.30. The number of ether oxygens (including phenoxy) is 10. The Morgan fingerprint density at radius 3 is 1.10 bits per heavy atom. The fraction of sp³-hybridized carbons (Fsp3) is 0.444. The van der Waals surface area contributed by atoms with Crippen molar-refractivity contribution in [2.45, 2.75) is 182 Å². The first-order chi connectivity index (χ1) is 55.7. The van der Waals surface area contributed by atoms with Crippen molar-refractivity contribution >= 4 is 102 Å². The predicted molar refractivity (Wildman–Crippen MR) is 448 cm³/mol. The maximum atomic E-state index is 14.5. The van der Waals surface area contributed by atoms with Crippen LogP contribution in [0.15, 0.2) is 157 Å². The molecule has 0 unspecified atom stereocenters. The molecule has 2 fully saturated rings. The minimum atomic E-state index is -0.492. The summed E-state index contributed by atoms with van der Waals surface area (Å²) in [5.41, 5.74) is 4.15. The molecule has 0 radical (unpaired) electrons. The monoisotopic (exact) mass is 1590 g/mol. The van der Waals surface area contributed by atoms with Gasteiger partial charge in [0.1, 0.15) is 46.0 Å². The van der Waals surface area contributed by atoms with E-state index >= 15 is 0 Å². The van der Waals surface area contributed by atoms with Crippen LogP contribution in [0.1, 0.15) is 193 Å². The van der Waals surface area contributed by atoms with E-state index in [1.165, 1.54) is 22.7 Å². The minimum Gasteiger partial charge on any atom is -0.494 e. The first kappa shape index (κ1) is 86.0. The fourth-order valence-electron chi connectivity index (χ4n) is 13.5. The van der Waals surface area contributed by atoms with Crippen molar-refractivity contribution in [3.8, 4) is 57.1 Å². The van der Waals surface area contributed by atoms with Crippen molar-refractivity contribution < 1.29 is 76.1 Å². The molecule has 0 saturated heterocycles. The Labute approximate surface area is 677 Å². The highest BCUT2D eigenvalue weighted by Crippen LogP contribution is 2.39. The molecule has 10 rings (SSSR count). The van der Waals surface area contributed by atoms with Crippen LogP contribution in [0.3, 0.4) is 0 Å². The second kappa shape index (κ2) is 46.0. The van der Waals surface area contributed by atoms with Gasteiger partial charge in [0, 0.05) is 36.4 Å². The number of esters is 6. The highest BCUT2D eigenvalue weighted by Gasteiger charge is 2.35. The molecule has 0 atom stereocenters. The van der Waals surface area contributed by atoms with Gasteiger partial charge in [-0.2, -0.15) is 10.2 Å². The van der Waals surface area contributed by atoms with Crippen LogP contribution >= 0.6 is 22.7 Å². The lowest BCUT2D eigenvalue weighted by atomic mass is 9.82. The molecule has 2 aliphatic rings. The van der Waals surface area contributed by atoms with Gasteiger partial charge in [-0.25, -0.2) is 29.6 Å². The third-order valence-corrected chi connectivity index (χ3v) is 22.0. The summed E-state index contributed by atoms with van der Waals surface area (Å²) in [7, 11) is 0. The number of hydrazone groups is 2. The van der Waals surface area contributed by atoms with Crippen LogP contribution in [-0.2, 0) is 38.2 Å². The van der Waals surface area contributed by atoms with Crippen LogP contribution in [-0.4, -0.2) is 111 Å². The number of benzene rings is 6. The molecule has 0 aliphatic heterocycles. The number of carbonyl (C=O) groups excluding carboxylic acids is 6. The van der Waals surface area contributed by atoms with Crippen LogP contribution < -0.4 is 47.9 Å². The van der Waals surface area contributed by atoms with Gasteiger partial charge in [0.15, 0.2) is 0 Å². The molecule has 6 aromatic carbocycles. The summed E-state index contributed by atoms with van der Waals surface area (Å²) in [6.45, 7) is 19.1. The Hall–Kier alpha value is -10.5. The minimum absolute atomic E-state index is 0.294. The zero-order chi connectivity index (χ0) is 80.2. The lowest BCUT2D eigenvalue weighted by molar-refractivity contribution is -0.145. The second-order valence-corrected chi connectivity index (χ2v) is 30.5. The summed E-state index contributed by atoms with van der Waals surface area (Å²) in [5.74, 6) is 0.0365. The van der Waals surface area contributed by atoms with Gasteiger partial charge in [0.05, 0.1) is 96.2 Å². The number of thiazole rings is 2. The van der Waals surface area contributed by atoms with Crippen LogP contribution in [0.25, 0.3) is 31.6 Å².